The molecule has 0 spiro atoms. The molecule has 1 aliphatic carbocycles. The van der Waals surface area contributed by atoms with Gasteiger partial charge < -0.3 is 18.3 Å². The van der Waals surface area contributed by atoms with E-state index in [1.807, 2.05) is 0 Å². The average molecular weight is 873 g/mol. The number of aromatic nitrogens is 8. The van der Waals surface area contributed by atoms with Crippen LogP contribution >= 0.6 is 0 Å². The van der Waals surface area contributed by atoms with Gasteiger partial charge >= 0.3 is 0 Å². The Labute approximate surface area is 388 Å². The van der Waals surface area contributed by atoms with Crippen molar-refractivity contribution in [1.29, 1.82) is 0 Å². The lowest BCUT2D eigenvalue weighted by Gasteiger charge is -2.69. The van der Waals surface area contributed by atoms with E-state index in [9.17, 15) is 0 Å². The third kappa shape index (κ3) is 7.23. The number of aryl methyl sites for hydroxylation is 4. The van der Waals surface area contributed by atoms with Crippen molar-refractivity contribution in [3.63, 3.8) is 0 Å². The highest BCUT2D eigenvalue weighted by Crippen LogP contribution is 2.70. The van der Waals surface area contributed by atoms with Crippen molar-refractivity contribution in [2.75, 3.05) is 0 Å². The van der Waals surface area contributed by atoms with Crippen LogP contribution in [0.25, 0.3) is 44.1 Å². The summed E-state index contributed by atoms with van der Waals surface area (Å²) >= 11 is 0. The highest BCUT2D eigenvalue weighted by atomic mass is 15.1. The second-order valence-corrected chi connectivity index (χ2v) is 20.9. The highest BCUT2D eigenvalue weighted by Gasteiger charge is 2.71. The Hall–Kier alpha value is -5.24. The molecule has 4 heterocycles. The Kier molecular flexibility index (Phi) is 12.7. The lowest BCUT2D eigenvalue weighted by molar-refractivity contribution is -0.144. The summed E-state index contributed by atoms with van der Waals surface area (Å²) in [4.78, 5) is 21.1. The number of unbranched alkanes of at least 4 members (excludes halogenated alkanes) is 3. The summed E-state index contributed by atoms with van der Waals surface area (Å²) in [6, 6.07) is 34.3. The van der Waals surface area contributed by atoms with Crippen molar-refractivity contribution < 1.29 is 0 Å². The molecule has 1 aliphatic rings. The average Bonchev–Trinajstić information content (AvgIpc) is 4.07. The first-order valence-electron chi connectivity index (χ1n) is 24.8. The van der Waals surface area contributed by atoms with Crippen LogP contribution < -0.4 is 0 Å². The van der Waals surface area contributed by atoms with Crippen LogP contribution in [0.1, 0.15) is 150 Å². The van der Waals surface area contributed by atoms with Crippen molar-refractivity contribution in [2.45, 2.75) is 151 Å². The smallest absolute Gasteiger partial charge is 0.120 e. The lowest BCUT2D eigenvalue weighted by Crippen LogP contribution is -2.70. The van der Waals surface area contributed by atoms with Gasteiger partial charge in [0.1, 0.15) is 23.3 Å². The summed E-state index contributed by atoms with van der Waals surface area (Å²) in [6.07, 6.45) is 8.14. The van der Waals surface area contributed by atoms with E-state index in [1.165, 1.54) is 72.2 Å². The second kappa shape index (κ2) is 17.9. The lowest BCUT2D eigenvalue weighted by atomic mass is 9.34. The SMILES string of the molecule is CC1C(C)C(C)(C)C(C)(c2nc3ccccc3n2C)C(C)(c2nc3ccccc3n2C)C1(C)C.CCCCC(c1nc2ccccc2n1CCCC)c1nc2ccccc2n1CCCC. The van der Waals surface area contributed by atoms with E-state index in [1.54, 1.807) is 0 Å². The van der Waals surface area contributed by atoms with E-state index in [2.05, 4.69) is 206 Å². The monoisotopic (exact) mass is 873 g/mol. The zero-order chi connectivity index (χ0) is 46.5. The maximum Gasteiger partial charge on any atom is 0.120 e. The van der Waals surface area contributed by atoms with Gasteiger partial charge in [-0.2, -0.15) is 0 Å². The minimum atomic E-state index is -0.293. The van der Waals surface area contributed by atoms with E-state index in [4.69, 9.17) is 19.9 Å². The van der Waals surface area contributed by atoms with Crippen LogP contribution in [0.3, 0.4) is 0 Å². The van der Waals surface area contributed by atoms with E-state index in [0.717, 1.165) is 53.2 Å². The van der Waals surface area contributed by atoms with Gasteiger partial charge in [-0.25, -0.2) is 19.9 Å². The minimum absolute atomic E-state index is 0.0377. The number of rotatable bonds is 13. The summed E-state index contributed by atoms with van der Waals surface area (Å²) in [5.74, 6) is 5.89. The molecule has 4 aromatic heterocycles. The van der Waals surface area contributed by atoms with Gasteiger partial charge in [-0.1, -0.05) is 150 Å². The fraction of sp³-hybridized carbons (Fsp3) is 0.509. The largest absolute Gasteiger partial charge is 0.331 e. The molecule has 65 heavy (non-hydrogen) atoms. The molecule has 0 radical (unpaired) electrons. The maximum absolute atomic E-state index is 5.36. The summed E-state index contributed by atoms with van der Waals surface area (Å²) in [7, 11) is 4.38. The first-order chi connectivity index (χ1) is 31.1. The van der Waals surface area contributed by atoms with E-state index in [-0.39, 0.29) is 27.6 Å². The summed E-state index contributed by atoms with van der Waals surface area (Å²) in [5.41, 5.74) is 8.55. The molecule has 0 bridgehead atoms. The minimum Gasteiger partial charge on any atom is -0.331 e. The van der Waals surface area contributed by atoms with Gasteiger partial charge in [0, 0.05) is 38.0 Å². The molecule has 8 heteroatoms. The fourth-order valence-corrected chi connectivity index (χ4v) is 12.3. The van der Waals surface area contributed by atoms with Gasteiger partial charge in [0.25, 0.3) is 0 Å². The normalized spacial score (nSPS) is 21.8. The topological polar surface area (TPSA) is 71.3 Å². The Bertz CT molecular complexity index is 2720. The van der Waals surface area contributed by atoms with E-state index >= 15 is 0 Å². The quantitative estimate of drug-likeness (QED) is 0.116. The molecule has 0 saturated heterocycles. The van der Waals surface area contributed by atoms with Crippen molar-refractivity contribution >= 4 is 44.1 Å². The van der Waals surface area contributed by atoms with Crippen LogP contribution in [0.5, 0.6) is 0 Å². The molecule has 0 N–H and O–H groups in total. The van der Waals surface area contributed by atoms with Crippen molar-refractivity contribution in [2.24, 2.45) is 36.8 Å². The van der Waals surface area contributed by atoms with Gasteiger partial charge in [-0.05, 0) is 90.5 Å². The highest BCUT2D eigenvalue weighted by molar-refractivity contribution is 5.79. The third-order valence-electron chi connectivity index (χ3n) is 17.4. The van der Waals surface area contributed by atoms with Gasteiger partial charge in [0.05, 0.1) is 50.1 Å². The Balaban J connectivity index is 0.000000178. The number of nitrogens with zero attached hydrogens (tertiary/aromatic N) is 8. The van der Waals surface area contributed by atoms with Crippen LogP contribution in [0.4, 0.5) is 0 Å². The molecule has 344 valence electrons. The number of para-hydroxylation sites is 8. The molecule has 0 amide bonds. The molecule has 8 nitrogen and oxygen atoms in total. The first-order valence-corrected chi connectivity index (χ1v) is 24.8. The molecular weight excluding hydrogens is 797 g/mol. The Morgan fingerprint density at radius 2 is 0.785 bits per heavy atom. The predicted molar refractivity (Wildman–Crippen MR) is 273 cm³/mol. The molecule has 1 fully saturated rings. The summed E-state index contributed by atoms with van der Waals surface area (Å²) < 4.78 is 9.64. The summed E-state index contributed by atoms with van der Waals surface area (Å²) in [5, 5.41) is 0. The van der Waals surface area contributed by atoms with Crippen molar-refractivity contribution in [3.8, 4) is 0 Å². The van der Waals surface area contributed by atoms with Crippen LogP contribution in [-0.2, 0) is 38.0 Å². The fourth-order valence-electron chi connectivity index (χ4n) is 12.3. The maximum atomic E-state index is 5.36. The zero-order valence-electron chi connectivity index (χ0n) is 41.9. The molecule has 8 aromatic rings. The van der Waals surface area contributed by atoms with E-state index in [0.29, 0.717) is 11.8 Å². The number of hydrogen-bond donors (Lipinski definition) is 0. The summed E-state index contributed by atoms with van der Waals surface area (Å²) in [6.45, 7) is 28.5. The van der Waals surface area contributed by atoms with Crippen LogP contribution in [0, 0.1) is 22.7 Å². The molecule has 9 rings (SSSR count). The first kappa shape index (κ1) is 46.3. The van der Waals surface area contributed by atoms with Gasteiger partial charge in [-0.3, -0.25) is 0 Å². The van der Waals surface area contributed by atoms with Gasteiger partial charge in [0.15, 0.2) is 0 Å². The molecule has 0 aliphatic heterocycles. The molecule has 4 aromatic carbocycles. The van der Waals surface area contributed by atoms with Gasteiger partial charge in [-0.15, -0.1) is 0 Å². The predicted octanol–water partition coefficient (Wildman–Crippen LogP) is 14.3. The Morgan fingerprint density at radius 3 is 1.12 bits per heavy atom. The molecule has 1 saturated carbocycles. The number of hydrogen-bond acceptors (Lipinski definition) is 4. The van der Waals surface area contributed by atoms with E-state index < -0.39 is 0 Å². The van der Waals surface area contributed by atoms with Gasteiger partial charge in [0.2, 0.25) is 0 Å². The standard InChI is InChI=1S/C30H40N4.C27H36N4/c1-19-20(2)28(5,6)30(8,26-32-22-16-12-14-18-24(22)34(26)10)29(7,27(19,3)4)25-31-21-15-11-13-17-23(21)33(25)9;1-4-7-14-21(26-28-22-15-10-12-17-24(22)30(26)19-8-5-2)27-29-23-16-11-13-18-25(23)31(27)20-9-6-3/h11-20H,1-10H3;10-13,15-18,21H,4-9,14,19-20H2,1-3H3. The number of imidazole rings is 4. The number of fused-ring (bicyclic) bond motifs is 4. The van der Waals surface area contributed by atoms with Crippen LogP contribution in [-0.4, -0.2) is 38.2 Å². The number of benzene rings is 4. The molecule has 4 unspecified atom stereocenters. The molecule has 4 atom stereocenters. The van der Waals surface area contributed by atoms with Crippen LogP contribution in [0.15, 0.2) is 97.1 Å². The second-order valence-electron chi connectivity index (χ2n) is 20.9. The molecular formula is C57H76N8. The third-order valence-corrected chi connectivity index (χ3v) is 17.4. The Morgan fingerprint density at radius 1 is 0.462 bits per heavy atom. The van der Waals surface area contributed by atoms with Crippen LogP contribution in [0.2, 0.25) is 0 Å². The van der Waals surface area contributed by atoms with Crippen molar-refractivity contribution in [3.05, 3.63) is 120 Å². The van der Waals surface area contributed by atoms with Crippen molar-refractivity contribution in [1.82, 2.24) is 38.2 Å². The zero-order valence-corrected chi connectivity index (χ0v) is 41.9.